The molecule has 2 heterocycles. The molecule has 1 atom stereocenters. The Hall–Kier alpha value is -1.32. The lowest BCUT2D eigenvalue weighted by Crippen LogP contribution is -2.46. The molecule has 0 spiro atoms. The van der Waals surface area contributed by atoms with Crippen molar-refractivity contribution in [2.75, 3.05) is 26.7 Å². The third-order valence-corrected chi connectivity index (χ3v) is 4.96. The topological polar surface area (TPSA) is 74.6 Å². The van der Waals surface area contributed by atoms with Crippen LogP contribution in [0.4, 0.5) is 0 Å². The molecule has 140 valence electrons. The van der Waals surface area contributed by atoms with E-state index in [4.69, 9.17) is 0 Å². The van der Waals surface area contributed by atoms with Crippen LogP contribution < -0.4 is 10.6 Å². The van der Waals surface area contributed by atoms with Crippen LogP contribution >= 0.6 is 24.0 Å². The normalized spacial score (nSPS) is 21.2. The number of hydrogen-bond donors (Lipinski definition) is 2. The first-order valence-electron chi connectivity index (χ1n) is 8.99. The maximum absolute atomic E-state index is 12.5. The van der Waals surface area contributed by atoms with E-state index in [0.717, 1.165) is 51.4 Å². The van der Waals surface area contributed by atoms with Crippen molar-refractivity contribution >= 4 is 35.8 Å². The summed E-state index contributed by atoms with van der Waals surface area (Å²) in [5.74, 6) is 1.43. The largest absolute Gasteiger partial charge is 0.355 e. The van der Waals surface area contributed by atoms with Crippen LogP contribution in [0.1, 0.15) is 32.1 Å². The zero-order chi connectivity index (χ0) is 16.8. The van der Waals surface area contributed by atoms with Crippen molar-refractivity contribution in [1.82, 2.24) is 25.3 Å². The Morgan fingerprint density at radius 3 is 2.80 bits per heavy atom. The molecule has 1 aromatic rings. The van der Waals surface area contributed by atoms with Crippen LogP contribution in [0.2, 0.25) is 0 Å². The molecule has 25 heavy (non-hydrogen) atoms. The molecule has 0 bridgehead atoms. The monoisotopic (exact) mass is 460 g/mol. The van der Waals surface area contributed by atoms with Crippen LogP contribution in [-0.2, 0) is 11.3 Å². The summed E-state index contributed by atoms with van der Waals surface area (Å²) in [6.07, 6.45) is 9.27. The van der Waals surface area contributed by atoms with E-state index >= 15 is 0 Å². The average Bonchev–Trinajstić information content (AvgIpc) is 3.34. The van der Waals surface area contributed by atoms with Gasteiger partial charge in [0.25, 0.3) is 0 Å². The smallest absolute Gasteiger partial charge is 0.225 e. The molecule has 3 rings (SSSR count). The second-order valence-corrected chi connectivity index (χ2v) is 6.66. The summed E-state index contributed by atoms with van der Waals surface area (Å²) in [7, 11) is 1.78. The Morgan fingerprint density at radius 1 is 1.32 bits per heavy atom. The Labute approximate surface area is 166 Å². The van der Waals surface area contributed by atoms with Gasteiger partial charge in [0.15, 0.2) is 5.96 Å². The molecule has 0 radical (unpaired) electrons. The first-order valence-corrected chi connectivity index (χ1v) is 8.99. The minimum Gasteiger partial charge on any atom is -0.355 e. The molecule has 0 aromatic carbocycles. The molecule has 2 aliphatic rings. The fourth-order valence-corrected chi connectivity index (χ4v) is 3.62. The van der Waals surface area contributed by atoms with Gasteiger partial charge in [0.05, 0.1) is 6.54 Å². The van der Waals surface area contributed by atoms with Gasteiger partial charge in [-0.1, -0.05) is 12.8 Å². The number of carbonyl (C=O) groups excluding carboxylic acids is 1. The average molecular weight is 460 g/mol. The second kappa shape index (κ2) is 9.98. The molecular formula is C17H29IN6O. The predicted octanol–water partition coefficient (Wildman–Crippen LogP) is 1.46. The number of nitrogens with zero attached hydrogens (tertiary/aromatic N) is 4. The van der Waals surface area contributed by atoms with E-state index in [1.54, 1.807) is 13.2 Å². The van der Waals surface area contributed by atoms with Gasteiger partial charge < -0.3 is 15.5 Å². The Kier molecular flexibility index (Phi) is 7.98. The summed E-state index contributed by atoms with van der Waals surface area (Å²) < 4.78 is 1.89. The lowest BCUT2D eigenvalue weighted by Gasteiger charge is -2.21. The van der Waals surface area contributed by atoms with Gasteiger partial charge >= 0.3 is 0 Å². The van der Waals surface area contributed by atoms with Crippen molar-refractivity contribution in [3.05, 3.63) is 18.5 Å². The van der Waals surface area contributed by atoms with Gasteiger partial charge in [0.1, 0.15) is 0 Å². The molecule has 1 amide bonds. The fraction of sp³-hybridized carbons (Fsp3) is 0.706. The Morgan fingerprint density at radius 2 is 2.12 bits per heavy atom. The van der Waals surface area contributed by atoms with E-state index in [1.807, 2.05) is 21.8 Å². The van der Waals surface area contributed by atoms with Crippen LogP contribution in [0, 0.1) is 5.92 Å². The molecule has 1 saturated heterocycles. The number of aromatic nitrogens is 2. The van der Waals surface area contributed by atoms with Crippen molar-refractivity contribution in [1.29, 1.82) is 0 Å². The van der Waals surface area contributed by atoms with Gasteiger partial charge in [0.2, 0.25) is 5.91 Å². The number of likely N-dealkylation sites (tertiary alicyclic amines) is 1. The molecule has 1 unspecified atom stereocenters. The van der Waals surface area contributed by atoms with Crippen LogP contribution in [0.5, 0.6) is 0 Å². The summed E-state index contributed by atoms with van der Waals surface area (Å²) in [6.45, 7) is 3.20. The zero-order valence-corrected chi connectivity index (χ0v) is 17.2. The van der Waals surface area contributed by atoms with Crippen LogP contribution in [0.15, 0.2) is 23.5 Å². The van der Waals surface area contributed by atoms with Crippen molar-refractivity contribution in [3.8, 4) is 0 Å². The Balaban J connectivity index is 0.00000225. The molecule has 7 nitrogen and oxygen atoms in total. The molecule has 8 heteroatoms. The number of amides is 1. The number of nitrogens with one attached hydrogen (secondary N) is 2. The summed E-state index contributed by atoms with van der Waals surface area (Å²) in [5, 5.41) is 10.9. The molecule has 1 aliphatic carbocycles. The maximum atomic E-state index is 12.5. The maximum Gasteiger partial charge on any atom is 0.225 e. The molecular weight excluding hydrogens is 431 g/mol. The number of hydrogen-bond acceptors (Lipinski definition) is 3. The number of halogens is 1. The molecule has 1 saturated carbocycles. The Bertz CT molecular complexity index is 555. The van der Waals surface area contributed by atoms with E-state index in [0.29, 0.717) is 5.91 Å². The van der Waals surface area contributed by atoms with Gasteiger partial charge in [-0.3, -0.25) is 14.5 Å². The third-order valence-electron chi connectivity index (χ3n) is 4.96. The first-order chi connectivity index (χ1) is 11.8. The lowest BCUT2D eigenvalue weighted by molar-refractivity contribution is -0.134. The SMILES string of the molecule is CN=C(NCCn1cccn1)NC1CCN(C(=O)C2CCCC2)C1.I. The van der Waals surface area contributed by atoms with Crippen molar-refractivity contribution in [2.45, 2.75) is 44.7 Å². The van der Waals surface area contributed by atoms with Gasteiger partial charge in [-0.15, -0.1) is 24.0 Å². The van der Waals surface area contributed by atoms with E-state index in [-0.39, 0.29) is 35.9 Å². The number of guanidine groups is 1. The number of carbonyl (C=O) groups is 1. The second-order valence-electron chi connectivity index (χ2n) is 6.66. The highest BCUT2D eigenvalue weighted by molar-refractivity contribution is 14.0. The number of aliphatic imine (C=N–C) groups is 1. The molecule has 1 aromatic heterocycles. The van der Waals surface area contributed by atoms with Crippen molar-refractivity contribution < 1.29 is 4.79 Å². The summed E-state index contributed by atoms with van der Waals surface area (Å²) in [4.78, 5) is 18.8. The standard InChI is InChI=1S/C17H28N6O.HI/c1-18-17(19-9-12-23-10-4-8-20-23)21-15-7-11-22(13-15)16(24)14-5-2-3-6-14;/h4,8,10,14-15H,2-3,5-7,9,11-13H2,1H3,(H2,18,19,21);1H. The molecule has 2 N–H and O–H groups in total. The van der Waals surface area contributed by atoms with Crippen LogP contribution in [0.3, 0.4) is 0 Å². The highest BCUT2D eigenvalue weighted by Crippen LogP contribution is 2.27. The van der Waals surface area contributed by atoms with Gasteiger partial charge in [-0.2, -0.15) is 5.10 Å². The highest BCUT2D eigenvalue weighted by Gasteiger charge is 2.32. The first kappa shape index (κ1) is 20.0. The predicted molar refractivity (Wildman–Crippen MR) is 109 cm³/mol. The third kappa shape index (κ3) is 5.58. The minimum atomic E-state index is 0. The van der Waals surface area contributed by atoms with Crippen LogP contribution in [-0.4, -0.2) is 59.3 Å². The number of rotatable bonds is 5. The van der Waals surface area contributed by atoms with Gasteiger partial charge in [-0.05, 0) is 25.3 Å². The van der Waals surface area contributed by atoms with Crippen molar-refractivity contribution in [3.63, 3.8) is 0 Å². The van der Waals surface area contributed by atoms with E-state index < -0.39 is 0 Å². The van der Waals surface area contributed by atoms with E-state index in [1.165, 1.54) is 12.8 Å². The summed E-state index contributed by atoms with van der Waals surface area (Å²) in [6, 6.07) is 2.20. The van der Waals surface area contributed by atoms with E-state index in [2.05, 4.69) is 20.7 Å². The van der Waals surface area contributed by atoms with Gasteiger partial charge in [-0.25, -0.2) is 0 Å². The van der Waals surface area contributed by atoms with Gasteiger partial charge in [0, 0.05) is 51.0 Å². The van der Waals surface area contributed by atoms with Crippen LogP contribution in [0.25, 0.3) is 0 Å². The minimum absolute atomic E-state index is 0. The fourth-order valence-electron chi connectivity index (χ4n) is 3.62. The summed E-state index contributed by atoms with van der Waals surface area (Å²) >= 11 is 0. The van der Waals surface area contributed by atoms with Crippen molar-refractivity contribution in [2.24, 2.45) is 10.9 Å². The lowest BCUT2D eigenvalue weighted by atomic mass is 10.1. The quantitative estimate of drug-likeness (QED) is 0.397. The molecule has 1 aliphatic heterocycles. The molecule has 2 fully saturated rings. The summed E-state index contributed by atoms with van der Waals surface area (Å²) in [5.41, 5.74) is 0. The van der Waals surface area contributed by atoms with E-state index in [9.17, 15) is 4.79 Å². The zero-order valence-electron chi connectivity index (χ0n) is 14.9. The highest BCUT2D eigenvalue weighted by atomic mass is 127.